The average Bonchev–Trinajstić information content (AvgIpc) is 2.73. The van der Waals surface area contributed by atoms with Crippen LogP contribution in [0.4, 0.5) is 65.9 Å². The summed E-state index contributed by atoms with van der Waals surface area (Å²) in [6.07, 6.45) is -42.4. The molecule has 0 aromatic carbocycles. The predicted octanol–water partition coefficient (Wildman–Crippen LogP) is 2.62. The SMILES string of the molecule is O=C(OCC(OC(=O)C(F)(F)F)C(OC(=O)C(F)(F)F)C(COC(=O)C(F)(F)F)OC(=O)C(F)(F)F)C(F)(F)F. The lowest BCUT2D eigenvalue weighted by molar-refractivity contribution is -0.244. The first-order valence-corrected chi connectivity index (χ1v) is 8.89. The van der Waals surface area contributed by atoms with Crippen molar-refractivity contribution in [2.45, 2.75) is 49.2 Å². The minimum absolute atomic E-state index is 2.59. The third-order valence-corrected chi connectivity index (χ3v) is 3.41. The smallest absolute Gasteiger partial charge is 0.455 e. The first kappa shape index (κ1) is 36.3. The monoisotopic (exact) mass is 632 g/mol. The number of esters is 5. The van der Waals surface area contributed by atoms with Gasteiger partial charge in [0.25, 0.3) is 0 Å². The Bertz CT molecular complexity index is 883. The number of halogens is 15. The molecular formula is C15H7F15O10. The van der Waals surface area contributed by atoms with E-state index < -0.39 is 92.3 Å². The highest BCUT2D eigenvalue weighted by Crippen LogP contribution is 2.28. The Morgan fingerprint density at radius 1 is 0.400 bits per heavy atom. The van der Waals surface area contributed by atoms with Gasteiger partial charge < -0.3 is 23.7 Å². The molecule has 25 heteroatoms. The highest BCUT2D eigenvalue weighted by Gasteiger charge is 2.53. The van der Waals surface area contributed by atoms with E-state index in [1.807, 2.05) is 0 Å². The summed E-state index contributed by atoms with van der Waals surface area (Å²) in [5.41, 5.74) is 0. The molecule has 40 heavy (non-hydrogen) atoms. The number of alkyl halides is 15. The molecule has 2 atom stereocenters. The summed E-state index contributed by atoms with van der Waals surface area (Å²) in [4.78, 5) is 55.1. The molecule has 0 spiro atoms. The molecule has 0 aliphatic rings. The van der Waals surface area contributed by atoms with E-state index in [1.165, 1.54) is 0 Å². The number of hydrogen-bond acceptors (Lipinski definition) is 10. The van der Waals surface area contributed by atoms with Crippen LogP contribution in [-0.2, 0) is 47.7 Å². The van der Waals surface area contributed by atoms with Crippen LogP contribution < -0.4 is 0 Å². The van der Waals surface area contributed by atoms with Gasteiger partial charge in [-0.15, -0.1) is 0 Å². The lowest BCUT2D eigenvalue weighted by atomic mass is 10.1. The first-order valence-electron chi connectivity index (χ1n) is 8.89. The minimum atomic E-state index is -6.30. The zero-order valence-electron chi connectivity index (χ0n) is 17.9. The van der Waals surface area contributed by atoms with Crippen molar-refractivity contribution in [3.8, 4) is 0 Å². The van der Waals surface area contributed by atoms with Crippen molar-refractivity contribution < 1.29 is 114 Å². The van der Waals surface area contributed by atoms with Crippen LogP contribution in [0.5, 0.6) is 0 Å². The Balaban J connectivity index is 6.86. The van der Waals surface area contributed by atoms with Crippen molar-refractivity contribution in [1.82, 2.24) is 0 Å². The number of carbonyl (C=O) groups excluding carboxylic acids is 5. The van der Waals surface area contributed by atoms with Gasteiger partial charge in [-0.05, 0) is 0 Å². The molecule has 0 bridgehead atoms. The Kier molecular flexibility index (Phi) is 11.5. The fourth-order valence-corrected chi connectivity index (χ4v) is 1.86. The molecule has 0 amide bonds. The van der Waals surface area contributed by atoms with Crippen molar-refractivity contribution in [2.75, 3.05) is 13.2 Å². The van der Waals surface area contributed by atoms with Gasteiger partial charge in [-0.25, -0.2) is 24.0 Å². The van der Waals surface area contributed by atoms with Crippen LogP contribution in [-0.4, -0.2) is 92.3 Å². The maximum atomic E-state index is 12.7. The van der Waals surface area contributed by atoms with E-state index >= 15 is 0 Å². The summed E-state index contributed by atoms with van der Waals surface area (Å²) in [5.74, 6) is -17.8. The van der Waals surface area contributed by atoms with Crippen molar-refractivity contribution in [2.24, 2.45) is 0 Å². The van der Waals surface area contributed by atoms with E-state index in [1.54, 1.807) is 0 Å². The Labute approximate surface area is 207 Å². The maximum absolute atomic E-state index is 12.7. The third-order valence-electron chi connectivity index (χ3n) is 3.41. The summed E-state index contributed by atoms with van der Waals surface area (Å²) in [5, 5.41) is 0. The Morgan fingerprint density at radius 2 is 0.625 bits per heavy atom. The van der Waals surface area contributed by atoms with Crippen LogP contribution in [0.1, 0.15) is 0 Å². The van der Waals surface area contributed by atoms with E-state index in [0.29, 0.717) is 0 Å². The molecule has 0 rings (SSSR count). The molecule has 2 unspecified atom stereocenters. The molecule has 0 fully saturated rings. The summed E-state index contributed by atoms with van der Waals surface area (Å²) in [6.45, 7) is -5.19. The zero-order valence-corrected chi connectivity index (χ0v) is 17.9. The molecule has 0 saturated carbocycles. The summed E-state index contributed by atoms with van der Waals surface area (Å²) < 4.78 is 204. The topological polar surface area (TPSA) is 132 Å². The van der Waals surface area contributed by atoms with Crippen LogP contribution in [0.25, 0.3) is 0 Å². The Morgan fingerprint density at radius 3 is 0.850 bits per heavy atom. The molecule has 0 aliphatic carbocycles. The summed E-state index contributed by atoms with van der Waals surface area (Å²) in [7, 11) is 0. The normalized spacial score (nSPS) is 15.3. The fourth-order valence-electron chi connectivity index (χ4n) is 1.86. The molecule has 0 radical (unpaired) electrons. The van der Waals surface area contributed by atoms with Crippen LogP contribution >= 0.6 is 0 Å². The Hall–Kier alpha value is -3.70. The first-order chi connectivity index (χ1) is 17.6. The molecule has 232 valence electrons. The molecular weight excluding hydrogens is 625 g/mol. The van der Waals surface area contributed by atoms with E-state index in [2.05, 4.69) is 23.7 Å². The van der Waals surface area contributed by atoms with Crippen molar-refractivity contribution in [3.63, 3.8) is 0 Å². The van der Waals surface area contributed by atoms with E-state index in [-0.39, 0.29) is 0 Å². The van der Waals surface area contributed by atoms with Crippen LogP contribution in [0, 0.1) is 0 Å². The van der Waals surface area contributed by atoms with Crippen LogP contribution in [0.3, 0.4) is 0 Å². The molecule has 0 saturated heterocycles. The molecule has 0 aromatic heterocycles. The van der Waals surface area contributed by atoms with Gasteiger partial charge in [0.05, 0.1) is 0 Å². The fraction of sp³-hybridized carbons (Fsp3) is 0.667. The van der Waals surface area contributed by atoms with Gasteiger partial charge in [0.1, 0.15) is 13.2 Å². The van der Waals surface area contributed by atoms with E-state index in [4.69, 9.17) is 0 Å². The lowest BCUT2D eigenvalue weighted by Gasteiger charge is -2.32. The number of rotatable bonds is 9. The molecule has 10 nitrogen and oxygen atoms in total. The molecule has 0 aliphatic heterocycles. The largest absolute Gasteiger partial charge is 0.490 e. The highest BCUT2D eigenvalue weighted by atomic mass is 19.4. The summed E-state index contributed by atoms with van der Waals surface area (Å²) >= 11 is 0. The molecule has 0 heterocycles. The second-order valence-electron chi connectivity index (χ2n) is 6.44. The van der Waals surface area contributed by atoms with Gasteiger partial charge in [-0.1, -0.05) is 0 Å². The number of ether oxygens (including phenoxy) is 5. The lowest BCUT2D eigenvalue weighted by Crippen LogP contribution is -2.53. The predicted molar refractivity (Wildman–Crippen MR) is 81.8 cm³/mol. The van der Waals surface area contributed by atoms with Crippen LogP contribution in [0.2, 0.25) is 0 Å². The zero-order chi connectivity index (χ0) is 32.1. The average molecular weight is 632 g/mol. The number of hydrogen-bond donors (Lipinski definition) is 0. The van der Waals surface area contributed by atoms with Gasteiger partial charge in [0.15, 0.2) is 18.3 Å². The number of carbonyl (C=O) groups is 5. The van der Waals surface area contributed by atoms with Gasteiger partial charge >= 0.3 is 60.7 Å². The van der Waals surface area contributed by atoms with Crippen molar-refractivity contribution in [3.05, 3.63) is 0 Å². The van der Waals surface area contributed by atoms with Crippen molar-refractivity contribution in [1.29, 1.82) is 0 Å². The second kappa shape index (κ2) is 12.6. The highest BCUT2D eigenvalue weighted by molar-refractivity contribution is 5.78. The van der Waals surface area contributed by atoms with Gasteiger partial charge in [0.2, 0.25) is 0 Å². The second-order valence-corrected chi connectivity index (χ2v) is 6.44. The standard InChI is InChI=1S/C15H7F15O10/c16-11(17,18)6(31)36-1-3(38-8(33)13(22,23)24)5(40-10(35)15(28,29)30)4(39-9(34)14(25,26)27)2-37-7(32)12(19,20)21/h3-5H,1-2H2. The van der Waals surface area contributed by atoms with Gasteiger partial charge in [0, 0.05) is 0 Å². The van der Waals surface area contributed by atoms with Gasteiger partial charge in [-0.2, -0.15) is 65.9 Å². The van der Waals surface area contributed by atoms with E-state index in [0.717, 1.165) is 0 Å². The molecule has 0 N–H and O–H groups in total. The quantitative estimate of drug-likeness (QED) is 0.213. The van der Waals surface area contributed by atoms with Gasteiger partial charge in [-0.3, -0.25) is 0 Å². The minimum Gasteiger partial charge on any atom is -0.455 e. The van der Waals surface area contributed by atoms with Crippen LogP contribution in [0.15, 0.2) is 0 Å². The third kappa shape index (κ3) is 12.0. The summed E-state index contributed by atoms with van der Waals surface area (Å²) in [6, 6.07) is 0. The van der Waals surface area contributed by atoms with E-state index in [9.17, 15) is 89.8 Å². The molecule has 0 aromatic rings. The maximum Gasteiger partial charge on any atom is 0.490 e. The van der Waals surface area contributed by atoms with Crippen molar-refractivity contribution >= 4 is 29.8 Å².